The van der Waals surface area contributed by atoms with Gasteiger partial charge in [-0.05, 0) is 42.8 Å². The van der Waals surface area contributed by atoms with Crippen LogP contribution in [0.2, 0.25) is 0 Å². The molecule has 1 aromatic heterocycles. The summed E-state index contributed by atoms with van der Waals surface area (Å²) in [5.41, 5.74) is 0.953. The highest BCUT2D eigenvalue weighted by Gasteiger charge is 2.09. The van der Waals surface area contributed by atoms with E-state index in [1.54, 1.807) is 30.6 Å². The summed E-state index contributed by atoms with van der Waals surface area (Å²) in [7, 11) is 0. The highest BCUT2D eigenvalue weighted by molar-refractivity contribution is 5.92. The van der Waals surface area contributed by atoms with Crippen molar-refractivity contribution in [2.75, 3.05) is 0 Å². The SMILES string of the molecule is C[C@H](NC(=O)/C=C/c1ccc(F)cc1F)c1cccc(Oc2cncnc2)c1. The molecule has 142 valence electrons. The Morgan fingerprint density at radius 3 is 2.64 bits per heavy atom. The van der Waals surface area contributed by atoms with E-state index in [9.17, 15) is 13.6 Å². The number of rotatable bonds is 6. The summed E-state index contributed by atoms with van der Waals surface area (Å²) in [5, 5.41) is 2.79. The maximum absolute atomic E-state index is 13.6. The number of hydrogen-bond acceptors (Lipinski definition) is 4. The molecule has 0 radical (unpaired) electrons. The van der Waals surface area contributed by atoms with E-state index < -0.39 is 17.5 Å². The molecule has 3 rings (SSSR count). The van der Waals surface area contributed by atoms with Crippen LogP contribution in [0.5, 0.6) is 11.5 Å². The van der Waals surface area contributed by atoms with Crippen molar-refractivity contribution in [1.82, 2.24) is 15.3 Å². The lowest BCUT2D eigenvalue weighted by Crippen LogP contribution is -2.24. The molecule has 7 heteroatoms. The zero-order chi connectivity index (χ0) is 19.9. The molecular formula is C21H17F2N3O2. The summed E-state index contributed by atoms with van der Waals surface area (Å²) in [4.78, 5) is 19.9. The molecule has 0 aliphatic rings. The van der Waals surface area contributed by atoms with Gasteiger partial charge in [-0.1, -0.05) is 12.1 Å². The minimum absolute atomic E-state index is 0.129. The zero-order valence-electron chi connectivity index (χ0n) is 15.0. The molecule has 1 atom stereocenters. The van der Waals surface area contributed by atoms with Crippen LogP contribution < -0.4 is 10.1 Å². The lowest BCUT2D eigenvalue weighted by molar-refractivity contribution is -0.117. The monoisotopic (exact) mass is 381 g/mol. The number of amides is 1. The first-order chi connectivity index (χ1) is 13.5. The third-order valence-corrected chi connectivity index (χ3v) is 3.87. The molecule has 0 unspecified atom stereocenters. The van der Waals surface area contributed by atoms with Crippen LogP contribution in [-0.4, -0.2) is 15.9 Å². The molecule has 0 bridgehead atoms. The predicted octanol–water partition coefficient (Wildman–Crippen LogP) is 4.44. The van der Waals surface area contributed by atoms with E-state index in [1.165, 1.54) is 24.5 Å². The van der Waals surface area contributed by atoms with E-state index in [0.717, 1.165) is 17.7 Å². The number of hydrogen-bond donors (Lipinski definition) is 1. The van der Waals surface area contributed by atoms with Gasteiger partial charge < -0.3 is 10.1 Å². The fourth-order valence-corrected chi connectivity index (χ4v) is 2.47. The van der Waals surface area contributed by atoms with Crippen molar-refractivity contribution in [2.45, 2.75) is 13.0 Å². The number of halogens is 2. The Hall–Kier alpha value is -3.61. The number of carbonyl (C=O) groups excluding carboxylic acids is 1. The summed E-state index contributed by atoms with van der Waals surface area (Å²) < 4.78 is 32.2. The third kappa shape index (κ3) is 5.20. The van der Waals surface area contributed by atoms with Crippen LogP contribution >= 0.6 is 0 Å². The molecular weight excluding hydrogens is 364 g/mol. The second-order valence-electron chi connectivity index (χ2n) is 5.98. The first kappa shape index (κ1) is 19.2. The second-order valence-corrected chi connectivity index (χ2v) is 5.98. The molecule has 28 heavy (non-hydrogen) atoms. The van der Waals surface area contributed by atoms with E-state index in [1.807, 2.05) is 13.0 Å². The summed E-state index contributed by atoms with van der Waals surface area (Å²) >= 11 is 0. The van der Waals surface area contributed by atoms with Crippen molar-refractivity contribution >= 4 is 12.0 Å². The number of carbonyl (C=O) groups is 1. The van der Waals surface area contributed by atoms with Gasteiger partial charge in [0, 0.05) is 17.7 Å². The second kappa shape index (κ2) is 8.85. The molecule has 3 aromatic rings. The number of benzene rings is 2. The maximum atomic E-state index is 13.6. The van der Waals surface area contributed by atoms with Gasteiger partial charge in [0.15, 0.2) is 5.75 Å². The molecule has 0 saturated heterocycles. The van der Waals surface area contributed by atoms with Crippen molar-refractivity contribution in [3.63, 3.8) is 0 Å². The van der Waals surface area contributed by atoms with Crippen LogP contribution in [0.1, 0.15) is 24.1 Å². The largest absolute Gasteiger partial charge is 0.454 e. The molecule has 0 spiro atoms. The van der Waals surface area contributed by atoms with Crippen LogP contribution in [0, 0.1) is 11.6 Å². The van der Waals surface area contributed by atoms with Crippen molar-refractivity contribution in [1.29, 1.82) is 0 Å². The van der Waals surface area contributed by atoms with Gasteiger partial charge in [0.2, 0.25) is 5.91 Å². The van der Waals surface area contributed by atoms with E-state index >= 15 is 0 Å². The number of nitrogens with one attached hydrogen (secondary N) is 1. The maximum Gasteiger partial charge on any atom is 0.244 e. The Bertz CT molecular complexity index is 994. The first-order valence-corrected chi connectivity index (χ1v) is 8.48. The third-order valence-electron chi connectivity index (χ3n) is 3.87. The van der Waals surface area contributed by atoms with Crippen molar-refractivity contribution in [2.24, 2.45) is 0 Å². The van der Waals surface area contributed by atoms with Gasteiger partial charge >= 0.3 is 0 Å². The molecule has 0 saturated carbocycles. The summed E-state index contributed by atoms with van der Waals surface area (Å²) in [5.74, 6) is -0.722. The smallest absolute Gasteiger partial charge is 0.244 e. The Morgan fingerprint density at radius 2 is 1.89 bits per heavy atom. The van der Waals surface area contributed by atoms with Crippen LogP contribution in [0.15, 0.2) is 67.3 Å². The Labute approximate surface area is 160 Å². The molecule has 1 amide bonds. The van der Waals surface area contributed by atoms with Gasteiger partial charge in [-0.15, -0.1) is 0 Å². The summed E-state index contributed by atoms with van der Waals surface area (Å²) in [6.07, 6.45) is 7.00. The lowest BCUT2D eigenvalue weighted by Gasteiger charge is -2.14. The van der Waals surface area contributed by atoms with E-state index in [-0.39, 0.29) is 11.6 Å². The van der Waals surface area contributed by atoms with E-state index in [2.05, 4.69) is 15.3 Å². The van der Waals surface area contributed by atoms with Crippen molar-refractivity contribution in [3.8, 4) is 11.5 Å². The average molecular weight is 381 g/mol. The Balaban J connectivity index is 1.63. The van der Waals surface area contributed by atoms with E-state index in [0.29, 0.717) is 11.5 Å². The lowest BCUT2D eigenvalue weighted by atomic mass is 10.1. The summed E-state index contributed by atoms with van der Waals surface area (Å²) in [6, 6.07) is 10.1. The van der Waals surface area contributed by atoms with Crippen LogP contribution in [-0.2, 0) is 4.79 Å². The normalized spacial score (nSPS) is 12.0. The zero-order valence-corrected chi connectivity index (χ0v) is 15.0. The molecule has 5 nitrogen and oxygen atoms in total. The van der Waals surface area contributed by atoms with Crippen LogP contribution in [0.25, 0.3) is 6.08 Å². The Morgan fingerprint density at radius 1 is 1.11 bits per heavy atom. The van der Waals surface area contributed by atoms with Gasteiger partial charge in [0.25, 0.3) is 0 Å². The summed E-state index contributed by atoms with van der Waals surface area (Å²) in [6.45, 7) is 1.81. The highest BCUT2D eigenvalue weighted by atomic mass is 19.1. The molecule has 0 fully saturated rings. The molecule has 1 N–H and O–H groups in total. The molecule has 0 aliphatic carbocycles. The predicted molar refractivity (Wildman–Crippen MR) is 100 cm³/mol. The fraction of sp³-hybridized carbons (Fsp3) is 0.0952. The average Bonchev–Trinajstić information content (AvgIpc) is 2.68. The minimum atomic E-state index is -0.730. The van der Waals surface area contributed by atoms with Gasteiger partial charge in [-0.25, -0.2) is 18.7 Å². The van der Waals surface area contributed by atoms with Gasteiger partial charge in [0.05, 0.1) is 18.4 Å². The van der Waals surface area contributed by atoms with Crippen LogP contribution in [0.3, 0.4) is 0 Å². The minimum Gasteiger partial charge on any atom is -0.454 e. The van der Waals surface area contributed by atoms with Crippen molar-refractivity contribution < 1.29 is 18.3 Å². The first-order valence-electron chi connectivity index (χ1n) is 8.48. The quantitative estimate of drug-likeness (QED) is 0.641. The Kier molecular flexibility index (Phi) is 6.06. The number of ether oxygens (including phenoxy) is 1. The number of aromatic nitrogens is 2. The highest BCUT2D eigenvalue weighted by Crippen LogP contribution is 2.23. The molecule has 0 aliphatic heterocycles. The standard InChI is InChI=1S/C21H17F2N3O2/c1-14(26-21(27)8-6-15-5-7-17(22)10-20(15)23)16-3-2-4-18(9-16)28-19-11-24-13-25-12-19/h2-14H,1H3,(H,26,27)/b8-6+/t14-/m0/s1. The molecule has 1 heterocycles. The topological polar surface area (TPSA) is 64.1 Å². The molecule has 2 aromatic carbocycles. The van der Waals surface area contributed by atoms with Crippen molar-refractivity contribution in [3.05, 3.63) is 90.0 Å². The van der Waals surface area contributed by atoms with Crippen LogP contribution in [0.4, 0.5) is 8.78 Å². The fourth-order valence-electron chi connectivity index (χ4n) is 2.47. The van der Waals surface area contributed by atoms with E-state index in [4.69, 9.17) is 4.74 Å². The van der Waals surface area contributed by atoms with Gasteiger partial charge in [-0.2, -0.15) is 0 Å². The van der Waals surface area contributed by atoms with Gasteiger partial charge in [-0.3, -0.25) is 4.79 Å². The van der Waals surface area contributed by atoms with Gasteiger partial charge in [0.1, 0.15) is 23.7 Å². The number of nitrogens with zero attached hydrogens (tertiary/aromatic N) is 2.